The molecule has 0 aromatic rings. The molecule has 14 heavy (non-hydrogen) atoms. The highest BCUT2D eigenvalue weighted by atomic mass is 35.5. The summed E-state index contributed by atoms with van der Waals surface area (Å²) in [6.45, 7) is 0.365. The molecule has 1 aliphatic carbocycles. The minimum absolute atomic E-state index is 0. The van der Waals surface area contributed by atoms with E-state index >= 15 is 0 Å². The summed E-state index contributed by atoms with van der Waals surface area (Å²) in [5.74, 6) is -0.177. The third-order valence-electron chi connectivity index (χ3n) is 2.40. The van der Waals surface area contributed by atoms with Gasteiger partial charge >= 0.3 is 0 Å². The Kier molecular flexibility index (Phi) is 6.68. The highest BCUT2D eigenvalue weighted by molar-refractivity contribution is 7.85. The van der Waals surface area contributed by atoms with Crippen LogP contribution in [0, 0.1) is 0 Å². The van der Waals surface area contributed by atoms with Crippen LogP contribution in [-0.2, 0) is 10.1 Å². The monoisotopic (exact) mass is 243 g/mol. The van der Waals surface area contributed by atoms with E-state index < -0.39 is 10.1 Å². The first-order chi connectivity index (χ1) is 6.08. The maximum atomic E-state index is 10.4. The predicted molar refractivity (Wildman–Crippen MR) is 58.5 cm³/mol. The molecule has 0 unspecified atom stereocenters. The van der Waals surface area contributed by atoms with Crippen LogP contribution in [0.5, 0.6) is 0 Å². The van der Waals surface area contributed by atoms with Crippen LogP contribution in [0.2, 0.25) is 0 Å². The third kappa shape index (κ3) is 6.59. The Balaban J connectivity index is 0.00000169. The van der Waals surface area contributed by atoms with E-state index in [4.69, 9.17) is 4.55 Å². The van der Waals surface area contributed by atoms with Gasteiger partial charge in [-0.15, -0.1) is 12.4 Å². The summed E-state index contributed by atoms with van der Waals surface area (Å²) in [5.41, 5.74) is 0. The summed E-state index contributed by atoms with van der Waals surface area (Å²) in [4.78, 5) is 0. The molecule has 6 heteroatoms. The van der Waals surface area contributed by atoms with Crippen LogP contribution in [0.1, 0.15) is 32.1 Å². The van der Waals surface area contributed by atoms with Crippen molar-refractivity contribution >= 4 is 22.5 Å². The van der Waals surface area contributed by atoms with E-state index in [1.54, 1.807) is 0 Å². The smallest absolute Gasteiger partial charge is 0.266 e. The molecule has 0 aromatic carbocycles. The molecule has 86 valence electrons. The largest absolute Gasteiger partial charge is 0.313 e. The molecular weight excluding hydrogens is 226 g/mol. The molecule has 4 nitrogen and oxygen atoms in total. The molecule has 2 N–H and O–H groups in total. The van der Waals surface area contributed by atoms with Gasteiger partial charge in [-0.3, -0.25) is 4.55 Å². The summed E-state index contributed by atoms with van der Waals surface area (Å²) in [6, 6.07) is 0.454. The zero-order valence-electron chi connectivity index (χ0n) is 8.11. The number of hydrogen-bond donors (Lipinski definition) is 2. The number of halogens is 1. The van der Waals surface area contributed by atoms with Crippen LogP contribution in [0.25, 0.3) is 0 Å². The van der Waals surface area contributed by atoms with Gasteiger partial charge in [0, 0.05) is 12.6 Å². The Labute approximate surface area is 91.6 Å². The zero-order valence-corrected chi connectivity index (χ0v) is 9.74. The van der Waals surface area contributed by atoms with E-state index in [2.05, 4.69) is 5.32 Å². The second-order valence-electron chi connectivity index (χ2n) is 3.58. The van der Waals surface area contributed by atoms with E-state index in [1.165, 1.54) is 19.3 Å². The van der Waals surface area contributed by atoms with E-state index in [0.29, 0.717) is 12.6 Å². The second kappa shape index (κ2) is 6.61. The van der Waals surface area contributed by atoms with Crippen molar-refractivity contribution in [1.29, 1.82) is 0 Å². The van der Waals surface area contributed by atoms with Gasteiger partial charge in [-0.1, -0.05) is 19.3 Å². The van der Waals surface area contributed by atoms with Gasteiger partial charge in [0.05, 0.1) is 5.75 Å². The van der Waals surface area contributed by atoms with Crippen LogP contribution in [0.4, 0.5) is 0 Å². The van der Waals surface area contributed by atoms with Gasteiger partial charge in [-0.25, -0.2) is 0 Å². The van der Waals surface area contributed by atoms with Crippen molar-refractivity contribution in [3.63, 3.8) is 0 Å². The zero-order chi connectivity index (χ0) is 9.73. The molecular formula is C8H18ClNO3S. The number of rotatable bonds is 4. The van der Waals surface area contributed by atoms with Gasteiger partial charge in [0.25, 0.3) is 10.1 Å². The Morgan fingerprint density at radius 1 is 1.21 bits per heavy atom. The van der Waals surface area contributed by atoms with Gasteiger partial charge in [-0.2, -0.15) is 8.42 Å². The molecule has 0 aromatic heterocycles. The summed E-state index contributed by atoms with van der Waals surface area (Å²) in [5, 5.41) is 3.14. The maximum Gasteiger partial charge on any atom is 0.266 e. The molecule has 0 spiro atoms. The lowest BCUT2D eigenvalue weighted by Crippen LogP contribution is -2.34. The fourth-order valence-corrected chi connectivity index (χ4v) is 2.07. The number of nitrogens with one attached hydrogen (secondary N) is 1. The van der Waals surface area contributed by atoms with Crippen molar-refractivity contribution in [2.24, 2.45) is 0 Å². The van der Waals surface area contributed by atoms with E-state index in [0.717, 1.165) is 12.8 Å². The average Bonchev–Trinajstić information content (AvgIpc) is 2.04. The summed E-state index contributed by atoms with van der Waals surface area (Å²) < 4.78 is 29.3. The lowest BCUT2D eigenvalue weighted by molar-refractivity contribution is 0.378. The standard InChI is InChI=1S/C8H17NO3S.ClH/c10-13(11,12)7-6-9-8-4-2-1-3-5-8;/h8-9H,1-7H2,(H,10,11,12);1H. The van der Waals surface area contributed by atoms with Crippen LogP contribution < -0.4 is 5.32 Å². The Hall–Kier alpha value is 0.160. The van der Waals surface area contributed by atoms with Crippen molar-refractivity contribution in [2.75, 3.05) is 12.3 Å². The minimum Gasteiger partial charge on any atom is -0.313 e. The van der Waals surface area contributed by atoms with Gasteiger partial charge < -0.3 is 5.32 Å². The normalized spacial score (nSPS) is 18.9. The maximum absolute atomic E-state index is 10.4. The van der Waals surface area contributed by atoms with E-state index in [1.807, 2.05) is 0 Å². The molecule has 0 aliphatic heterocycles. The summed E-state index contributed by atoms with van der Waals surface area (Å²) >= 11 is 0. The topological polar surface area (TPSA) is 66.4 Å². The third-order valence-corrected chi connectivity index (χ3v) is 3.12. The average molecular weight is 244 g/mol. The molecule has 1 saturated carbocycles. The van der Waals surface area contributed by atoms with Gasteiger partial charge in [0.2, 0.25) is 0 Å². The highest BCUT2D eigenvalue weighted by Crippen LogP contribution is 2.16. The molecule has 0 saturated heterocycles. The quantitative estimate of drug-likeness (QED) is 0.729. The first-order valence-electron chi connectivity index (χ1n) is 4.76. The van der Waals surface area contributed by atoms with Crippen molar-refractivity contribution < 1.29 is 13.0 Å². The molecule has 0 bridgehead atoms. The minimum atomic E-state index is -3.79. The van der Waals surface area contributed by atoms with Crippen LogP contribution in [0.15, 0.2) is 0 Å². The first kappa shape index (κ1) is 14.2. The fourth-order valence-electron chi connectivity index (χ4n) is 1.70. The molecule has 0 amide bonds. The first-order valence-corrected chi connectivity index (χ1v) is 6.37. The molecule has 1 fully saturated rings. The Bertz CT molecular complexity index is 237. The van der Waals surface area contributed by atoms with E-state index in [-0.39, 0.29) is 18.2 Å². The summed E-state index contributed by atoms with van der Waals surface area (Å²) in [6.07, 6.45) is 6.00. The molecule has 1 rings (SSSR count). The van der Waals surface area contributed by atoms with Crippen LogP contribution in [-0.4, -0.2) is 31.3 Å². The fraction of sp³-hybridized carbons (Fsp3) is 1.00. The molecule has 1 aliphatic rings. The lowest BCUT2D eigenvalue weighted by atomic mass is 9.96. The predicted octanol–water partition coefficient (Wildman–Crippen LogP) is 1.22. The van der Waals surface area contributed by atoms with Crippen molar-refractivity contribution in [2.45, 2.75) is 38.1 Å². The molecule has 0 atom stereocenters. The van der Waals surface area contributed by atoms with Crippen LogP contribution >= 0.6 is 12.4 Å². The van der Waals surface area contributed by atoms with Crippen molar-refractivity contribution in [3.8, 4) is 0 Å². The number of hydrogen-bond acceptors (Lipinski definition) is 3. The summed E-state index contributed by atoms with van der Waals surface area (Å²) in [7, 11) is -3.79. The van der Waals surface area contributed by atoms with Gasteiger partial charge in [-0.05, 0) is 12.8 Å². The van der Waals surface area contributed by atoms with Gasteiger partial charge in [0.1, 0.15) is 0 Å². The van der Waals surface area contributed by atoms with Crippen LogP contribution in [0.3, 0.4) is 0 Å². The lowest BCUT2D eigenvalue weighted by Gasteiger charge is -2.22. The molecule has 0 radical (unpaired) electrons. The molecule has 0 heterocycles. The van der Waals surface area contributed by atoms with E-state index in [9.17, 15) is 8.42 Å². The van der Waals surface area contributed by atoms with Gasteiger partial charge in [0.15, 0.2) is 0 Å². The Morgan fingerprint density at radius 2 is 1.79 bits per heavy atom. The SMILES string of the molecule is Cl.O=S(=O)(O)CCNC1CCCCC1. The second-order valence-corrected chi connectivity index (χ2v) is 5.15. The van der Waals surface area contributed by atoms with Crippen molar-refractivity contribution in [3.05, 3.63) is 0 Å². The highest BCUT2D eigenvalue weighted by Gasteiger charge is 2.13. The Morgan fingerprint density at radius 3 is 2.29 bits per heavy atom. The van der Waals surface area contributed by atoms with Crippen molar-refractivity contribution in [1.82, 2.24) is 5.32 Å².